The lowest BCUT2D eigenvalue weighted by Crippen LogP contribution is -1.95. The molecule has 10 heteroatoms. The number of aromatic nitrogens is 5. The molecule has 0 radical (unpaired) electrons. The Morgan fingerprint density at radius 2 is 2.15 bits per heavy atom. The van der Waals surface area contributed by atoms with Crippen molar-refractivity contribution in [2.45, 2.75) is 14.4 Å². The Bertz CT molecular complexity index is 883. The first-order valence-corrected chi connectivity index (χ1v) is 8.97. The van der Waals surface area contributed by atoms with Crippen molar-refractivity contribution in [3.05, 3.63) is 18.2 Å². The normalized spacial score (nSPS) is 12.1. The van der Waals surface area contributed by atoms with Gasteiger partial charge in [0.25, 0.3) is 0 Å². The predicted molar refractivity (Wildman–Crippen MR) is 75.7 cm³/mol. The molecule has 0 atom stereocenters. The van der Waals surface area contributed by atoms with E-state index in [0.717, 1.165) is 14.6 Å². The van der Waals surface area contributed by atoms with Crippen molar-refractivity contribution >= 4 is 43.2 Å². The molecule has 0 N–H and O–H groups in total. The lowest BCUT2D eigenvalue weighted by atomic mass is 10.3. The molecule has 0 fully saturated rings. The molecule has 0 saturated heterocycles. The van der Waals surface area contributed by atoms with Crippen LogP contribution >= 0.6 is 23.1 Å². The fraction of sp³-hybridized carbons (Fsp3) is 0.200. The first-order valence-electron chi connectivity index (χ1n) is 5.44. The van der Waals surface area contributed by atoms with Gasteiger partial charge < -0.3 is 0 Å². The highest BCUT2D eigenvalue weighted by Crippen LogP contribution is 2.33. The number of fused-ring (bicyclic) bond motifs is 1. The van der Waals surface area contributed by atoms with Gasteiger partial charge in [0.1, 0.15) is 0 Å². The summed E-state index contributed by atoms with van der Waals surface area (Å²) in [5, 5.41) is 11.8. The molecule has 3 aromatic rings. The van der Waals surface area contributed by atoms with E-state index in [9.17, 15) is 8.42 Å². The van der Waals surface area contributed by atoms with E-state index in [4.69, 9.17) is 0 Å². The Kier molecular flexibility index (Phi) is 3.22. The molecule has 0 unspecified atom stereocenters. The number of sulfone groups is 1. The number of rotatable bonds is 3. The number of tetrazole rings is 1. The van der Waals surface area contributed by atoms with Crippen LogP contribution in [-0.2, 0) is 16.9 Å². The maximum absolute atomic E-state index is 11.5. The number of thiazole rings is 1. The lowest BCUT2D eigenvalue weighted by Gasteiger charge is -1.96. The Hall–Kier alpha value is -1.52. The average molecular weight is 327 g/mol. The highest BCUT2D eigenvalue weighted by molar-refractivity contribution is 8.01. The second kappa shape index (κ2) is 4.79. The van der Waals surface area contributed by atoms with Gasteiger partial charge >= 0.3 is 0 Å². The molecule has 0 bridgehead atoms. The Morgan fingerprint density at radius 1 is 1.35 bits per heavy atom. The third kappa shape index (κ3) is 2.53. The molecule has 20 heavy (non-hydrogen) atoms. The third-order valence-corrected chi connectivity index (χ3v) is 5.75. The van der Waals surface area contributed by atoms with Gasteiger partial charge in [-0.25, -0.2) is 18.1 Å². The molecule has 0 aliphatic carbocycles. The van der Waals surface area contributed by atoms with Crippen molar-refractivity contribution in [1.29, 1.82) is 0 Å². The Balaban J connectivity index is 2.01. The molecule has 0 aliphatic rings. The number of hydrogen-bond donors (Lipinski definition) is 0. The number of hydrogen-bond acceptors (Lipinski definition) is 8. The van der Waals surface area contributed by atoms with Gasteiger partial charge in [-0.1, -0.05) is 0 Å². The highest BCUT2D eigenvalue weighted by atomic mass is 32.2. The van der Waals surface area contributed by atoms with E-state index in [2.05, 4.69) is 20.5 Å². The van der Waals surface area contributed by atoms with Crippen LogP contribution in [0.4, 0.5) is 0 Å². The minimum atomic E-state index is -3.21. The molecule has 2 heterocycles. The van der Waals surface area contributed by atoms with Gasteiger partial charge in [0, 0.05) is 13.3 Å². The van der Waals surface area contributed by atoms with Crippen LogP contribution in [0.2, 0.25) is 0 Å². The molecule has 104 valence electrons. The van der Waals surface area contributed by atoms with Crippen LogP contribution in [0.1, 0.15) is 0 Å². The van der Waals surface area contributed by atoms with Gasteiger partial charge in [-0.15, -0.1) is 16.4 Å². The van der Waals surface area contributed by atoms with Gasteiger partial charge in [-0.2, -0.15) is 0 Å². The summed E-state index contributed by atoms with van der Waals surface area (Å²) in [4.78, 5) is 4.73. The maximum Gasteiger partial charge on any atom is 0.216 e. The van der Waals surface area contributed by atoms with Gasteiger partial charge in [0.05, 0.1) is 15.1 Å². The first kappa shape index (κ1) is 13.5. The topological polar surface area (TPSA) is 90.6 Å². The Labute approximate surface area is 122 Å². The summed E-state index contributed by atoms with van der Waals surface area (Å²) >= 11 is 2.76. The van der Waals surface area contributed by atoms with E-state index in [-0.39, 0.29) is 0 Å². The number of aryl methyl sites for hydroxylation is 1. The van der Waals surface area contributed by atoms with E-state index in [1.807, 2.05) is 0 Å². The molecular weight excluding hydrogens is 318 g/mol. The zero-order chi connectivity index (χ0) is 14.3. The van der Waals surface area contributed by atoms with E-state index in [0.29, 0.717) is 10.1 Å². The monoisotopic (exact) mass is 327 g/mol. The van der Waals surface area contributed by atoms with Crippen LogP contribution in [0.15, 0.2) is 32.6 Å². The minimum Gasteiger partial charge on any atom is -0.229 e. The SMILES string of the molecule is Cn1nnnc1Sc1nc2ccc(S(C)(=O)=O)cc2s1. The number of benzene rings is 1. The van der Waals surface area contributed by atoms with Crippen LogP contribution in [0, 0.1) is 0 Å². The van der Waals surface area contributed by atoms with Crippen LogP contribution in [0.25, 0.3) is 10.2 Å². The van der Waals surface area contributed by atoms with Gasteiger partial charge in [0.2, 0.25) is 5.16 Å². The zero-order valence-corrected chi connectivity index (χ0v) is 13.0. The minimum absolute atomic E-state index is 0.297. The molecule has 0 spiro atoms. The van der Waals surface area contributed by atoms with E-state index in [1.54, 1.807) is 29.9 Å². The van der Waals surface area contributed by atoms with Crippen molar-refractivity contribution in [3.8, 4) is 0 Å². The van der Waals surface area contributed by atoms with Crippen molar-refractivity contribution in [2.75, 3.05) is 6.26 Å². The van der Waals surface area contributed by atoms with Crippen molar-refractivity contribution in [1.82, 2.24) is 25.2 Å². The fourth-order valence-corrected chi connectivity index (χ4v) is 4.21. The van der Waals surface area contributed by atoms with Crippen molar-refractivity contribution in [3.63, 3.8) is 0 Å². The third-order valence-electron chi connectivity index (χ3n) is 2.53. The fourth-order valence-electron chi connectivity index (χ4n) is 1.54. The summed E-state index contributed by atoms with van der Waals surface area (Å²) < 4.78 is 26.2. The van der Waals surface area contributed by atoms with Crippen LogP contribution in [-0.4, -0.2) is 39.9 Å². The quantitative estimate of drug-likeness (QED) is 0.717. The summed E-state index contributed by atoms with van der Waals surface area (Å²) in [6, 6.07) is 4.91. The molecule has 7 nitrogen and oxygen atoms in total. The molecule has 0 saturated carbocycles. The van der Waals surface area contributed by atoms with Crippen molar-refractivity contribution in [2.24, 2.45) is 7.05 Å². The summed E-state index contributed by atoms with van der Waals surface area (Å²) in [6.07, 6.45) is 1.19. The van der Waals surface area contributed by atoms with E-state index in [1.165, 1.54) is 29.4 Å². The zero-order valence-electron chi connectivity index (χ0n) is 10.5. The maximum atomic E-state index is 11.5. The lowest BCUT2D eigenvalue weighted by molar-refractivity contribution is 0.602. The van der Waals surface area contributed by atoms with E-state index >= 15 is 0 Å². The second-order valence-corrected chi connectivity index (χ2v) is 8.33. The van der Waals surface area contributed by atoms with Gasteiger partial charge in [-0.3, -0.25) is 0 Å². The first-order chi connectivity index (χ1) is 9.43. The summed E-state index contributed by atoms with van der Waals surface area (Å²) in [7, 11) is -1.46. The van der Waals surface area contributed by atoms with Crippen LogP contribution < -0.4 is 0 Å². The van der Waals surface area contributed by atoms with Gasteiger partial charge in [0.15, 0.2) is 14.2 Å². The Morgan fingerprint density at radius 3 is 2.80 bits per heavy atom. The summed E-state index contributed by atoms with van der Waals surface area (Å²) in [5.41, 5.74) is 0.764. The van der Waals surface area contributed by atoms with Gasteiger partial charge in [-0.05, 0) is 40.4 Å². The highest BCUT2D eigenvalue weighted by Gasteiger charge is 2.13. The number of nitrogens with zero attached hydrogens (tertiary/aromatic N) is 5. The van der Waals surface area contributed by atoms with Crippen molar-refractivity contribution < 1.29 is 8.42 Å². The average Bonchev–Trinajstić information content (AvgIpc) is 2.94. The molecule has 3 rings (SSSR count). The van der Waals surface area contributed by atoms with Crippen LogP contribution in [0.3, 0.4) is 0 Å². The smallest absolute Gasteiger partial charge is 0.216 e. The molecule has 0 amide bonds. The summed E-state index contributed by atoms with van der Waals surface area (Å²) in [5.74, 6) is 0. The molecule has 2 aromatic heterocycles. The van der Waals surface area contributed by atoms with Crippen LogP contribution in [0.5, 0.6) is 0 Å². The predicted octanol–water partition coefficient (Wildman–Crippen LogP) is 1.37. The molecular formula is C10H9N5O2S3. The molecule has 0 aliphatic heterocycles. The standard InChI is InChI=1S/C10H9N5O2S3/c1-15-9(12-13-14-15)19-10-11-7-4-3-6(20(2,16)17)5-8(7)18-10/h3-5H,1-2H3. The molecule has 1 aromatic carbocycles. The second-order valence-electron chi connectivity index (χ2n) is 4.07. The van der Waals surface area contributed by atoms with E-state index < -0.39 is 9.84 Å². The summed E-state index contributed by atoms with van der Waals surface area (Å²) in [6.45, 7) is 0. The largest absolute Gasteiger partial charge is 0.229 e.